The number of rotatable bonds is 2. The third kappa shape index (κ3) is 1.79. The van der Waals surface area contributed by atoms with E-state index >= 15 is 0 Å². The Labute approximate surface area is 74.7 Å². The standard InChI is InChI=1S/C7H11N3OS/c1-3-12-6-4-5(2)10(11)7(8)9-6/h4,8,11H,3H2,1-2H3. The lowest BCUT2D eigenvalue weighted by atomic mass is 10.5. The summed E-state index contributed by atoms with van der Waals surface area (Å²) in [7, 11) is 0. The van der Waals surface area contributed by atoms with Gasteiger partial charge in [-0.3, -0.25) is 5.41 Å². The average molecular weight is 185 g/mol. The van der Waals surface area contributed by atoms with Gasteiger partial charge in [-0.05, 0) is 18.7 Å². The van der Waals surface area contributed by atoms with Crippen molar-refractivity contribution >= 4 is 11.8 Å². The molecule has 0 aromatic carbocycles. The van der Waals surface area contributed by atoms with Crippen LogP contribution in [-0.2, 0) is 0 Å². The molecule has 0 radical (unpaired) electrons. The molecule has 0 aliphatic carbocycles. The molecule has 0 unspecified atom stereocenters. The molecule has 0 amide bonds. The summed E-state index contributed by atoms with van der Waals surface area (Å²) in [6.07, 6.45) is 0. The first-order chi connectivity index (χ1) is 5.65. The fourth-order valence-corrected chi connectivity index (χ4v) is 1.51. The van der Waals surface area contributed by atoms with Gasteiger partial charge in [-0.15, -0.1) is 11.8 Å². The highest BCUT2D eigenvalue weighted by Gasteiger charge is 1.99. The van der Waals surface area contributed by atoms with Crippen molar-refractivity contribution in [2.75, 3.05) is 5.75 Å². The highest BCUT2D eigenvalue weighted by atomic mass is 32.2. The highest BCUT2D eigenvalue weighted by Crippen LogP contribution is 2.12. The van der Waals surface area contributed by atoms with Gasteiger partial charge in [0.25, 0.3) is 5.62 Å². The van der Waals surface area contributed by atoms with E-state index in [2.05, 4.69) is 4.98 Å². The third-order valence-electron chi connectivity index (χ3n) is 1.38. The molecular formula is C7H11N3OS. The number of aryl methyl sites for hydroxylation is 1. The number of hydrogen-bond acceptors (Lipinski definition) is 4. The number of thioether (sulfide) groups is 1. The SMILES string of the molecule is CCSc1cc(C)n(O)c(=N)n1. The maximum atomic E-state index is 9.16. The smallest absolute Gasteiger partial charge is 0.256 e. The molecule has 0 atom stereocenters. The number of nitrogens with one attached hydrogen (secondary N) is 1. The molecule has 2 N–H and O–H groups in total. The van der Waals surface area contributed by atoms with Gasteiger partial charge in [-0.25, -0.2) is 4.98 Å². The van der Waals surface area contributed by atoms with Gasteiger partial charge in [0.05, 0.1) is 5.69 Å². The van der Waals surface area contributed by atoms with Crippen molar-refractivity contribution in [3.8, 4) is 0 Å². The van der Waals surface area contributed by atoms with Gasteiger partial charge in [0, 0.05) is 0 Å². The van der Waals surface area contributed by atoms with Crippen LogP contribution >= 0.6 is 11.8 Å². The van der Waals surface area contributed by atoms with Gasteiger partial charge < -0.3 is 5.21 Å². The Kier molecular flexibility index (Phi) is 2.75. The van der Waals surface area contributed by atoms with Crippen LogP contribution in [0.2, 0.25) is 0 Å². The van der Waals surface area contributed by atoms with Crippen LogP contribution in [0.1, 0.15) is 12.6 Å². The molecule has 1 aromatic rings. The second-order valence-electron chi connectivity index (χ2n) is 2.30. The Morgan fingerprint density at radius 1 is 1.75 bits per heavy atom. The van der Waals surface area contributed by atoms with Crippen molar-refractivity contribution in [3.63, 3.8) is 0 Å². The minimum atomic E-state index is -0.119. The monoisotopic (exact) mass is 185 g/mol. The van der Waals surface area contributed by atoms with Crippen LogP contribution in [0.3, 0.4) is 0 Å². The Morgan fingerprint density at radius 3 is 2.92 bits per heavy atom. The Hall–Kier alpha value is -0.970. The summed E-state index contributed by atoms with van der Waals surface area (Å²) in [6, 6.07) is 1.76. The summed E-state index contributed by atoms with van der Waals surface area (Å²) >= 11 is 1.56. The van der Waals surface area contributed by atoms with Crippen LogP contribution in [0, 0.1) is 12.3 Å². The molecule has 1 aromatic heterocycles. The molecule has 4 nitrogen and oxygen atoms in total. The fourth-order valence-electron chi connectivity index (χ4n) is 0.813. The average Bonchev–Trinajstić information content (AvgIpc) is 2.01. The first-order valence-electron chi connectivity index (χ1n) is 3.62. The Morgan fingerprint density at radius 2 is 2.42 bits per heavy atom. The van der Waals surface area contributed by atoms with E-state index in [-0.39, 0.29) is 5.62 Å². The molecule has 1 rings (SSSR count). The summed E-state index contributed by atoms with van der Waals surface area (Å²) in [6.45, 7) is 3.75. The molecule has 0 fully saturated rings. The summed E-state index contributed by atoms with van der Waals surface area (Å²) in [5.41, 5.74) is 0.511. The molecule has 0 aliphatic heterocycles. The molecule has 5 heteroatoms. The molecule has 0 bridgehead atoms. The summed E-state index contributed by atoms with van der Waals surface area (Å²) in [5.74, 6) is 0.918. The van der Waals surface area contributed by atoms with Gasteiger partial charge >= 0.3 is 0 Å². The molecule has 0 spiro atoms. The van der Waals surface area contributed by atoms with Crippen molar-refractivity contribution in [1.29, 1.82) is 5.41 Å². The van der Waals surface area contributed by atoms with E-state index in [9.17, 15) is 0 Å². The normalized spacial score (nSPS) is 10.2. The second-order valence-corrected chi connectivity index (χ2v) is 3.59. The van der Waals surface area contributed by atoms with Crippen molar-refractivity contribution in [1.82, 2.24) is 9.71 Å². The molecule has 0 aliphatic rings. The topological polar surface area (TPSA) is 61.9 Å². The van der Waals surface area contributed by atoms with E-state index in [0.29, 0.717) is 5.69 Å². The largest absolute Gasteiger partial charge is 0.425 e. The highest BCUT2D eigenvalue weighted by molar-refractivity contribution is 7.99. The molecule has 12 heavy (non-hydrogen) atoms. The van der Waals surface area contributed by atoms with E-state index in [4.69, 9.17) is 10.6 Å². The zero-order valence-corrected chi connectivity index (χ0v) is 7.85. The minimum Gasteiger partial charge on any atom is -0.425 e. The van der Waals surface area contributed by atoms with Gasteiger partial charge in [0.2, 0.25) is 0 Å². The lowest BCUT2D eigenvalue weighted by Gasteiger charge is -2.03. The summed E-state index contributed by atoms with van der Waals surface area (Å²) in [4.78, 5) is 3.87. The van der Waals surface area contributed by atoms with Crippen LogP contribution in [0.25, 0.3) is 0 Å². The van der Waals surface area contributed by atoms with E-state index in [0.717, 1.165) is 15.5 Å². The number of hydrogen-bond donors (Lipinski definition) is 2. The predicted octanol–water partition coefficient (Wildman–Crippen LogP) is 1.02. The van der Waals surface area contributed by atoms with E-state index in [1.807, 2.05) is 6.92 Å². The second kappa shape index (κ2) is 3.62. The van der Waals surface area contributed by atoms with Crippen LogP contribution < -0.4 is 5.62 Å². The van der Waals surface area contributed by atoms with E-state index < -0.39 is 0 Å². The zero-order valence-electron chi connectivity index (χ0n) is 7.03. The molecule has 0 saturated carbocycles. The molecular weight excluding hydrogens is 174 g/mol. The van der Waals surface area contributed by atoms with E-state index in [1.54, 1.807) is 24.8 Å². The van der Waals surface area contributed by atoms with E-state index in [1.165, 1.54) is 0 Å². The molecule has 0 saturated heterocycles. The quantitative estimate of drug-likeness (QED) is 0.411. The first-order valence-corrected chi connectivity index (χ1v) is 4.61. The molecule has 1 heterocycles. The van der Waals surface area contributed by atoms with Crippen molar-refractivity contribution in [3.05, 3.63) is 17.4 Å². The first kappa shape index (κ1) is 9.12. The van der Waals surface area contributed by atoms with Crippen LogP contribution in [-0.4, -0.2) is 20.7 Å². The van der Waals surface area contributed by atoms with Crippen molar-refractivity contribution in [2.45, 2.75) is 18.9 Å². The van der Waals surface area contributed by atoms with Crippen molar-refractivity contribution in [2.24, 2.45) is 0 Å². The van der Waals surface area contributed by atoms with Crippen LogP contribution in [0.15, 0.2) is 11.1 Å². The molecule has 66 valence electrons. The third-order valence-corrected chi connectivity index (χ3v) is 2.17. The zero-order chi connectivity index (χ0) is 9.14. The fraction of sp³-hybridized carbons (Fsp3) is 0.429. The maximum absolute atomic E-state index is 9.16. The van der Waals surface area contributed by atoms with Gasteiger partial charge in [0.15, 0.2) is 0 Å². The van der Waals surface area contributed by atoms with Crippen LogP contribution in [0.4, 0.5) is 0 Å². The number of aromatic nitrogens is 2. The maximum Gasteiger partial charge on any atom is 0.256 e. The summed E-state index contributed by atoms with van der Waals surface area (Å²) < 4.78 is 0.764. The lowest BCUT2D eigenvalue weighted by molar-refractivity contribution is 0.157. The van der Waals surface area contributed by atoms with Gasteiger partial charge in [0.1, 0.15) is 5.03 Å². The van der Waals surface area contributed by atoms with Gasteiger partial charge in [-0.2, -0.15) is 4.73 Å². The number of nitrogens with zero attached hydrogens (tertiary/aromatic N) is 2. The minimum absolute atomic E-state index is 0.119. The van der Waals surface area contributed by atoms with Crippen LogP contribution in [0.5, 0.6) is 0 Å². The predicted molar refractivity (Wildman–Crippen MR) is 46.4 cm³/mol. The Balaban J connectivity index is 3.13. The van der Waals surface area contributed by atoms with Crippen molar-refractivity contribution < 1.29 is 5.21 Å². The summed E-state index contributed by atoms with van der Waals surface area (Å²) in [5, 5.41) is 17.2. The van der Waals surface area contributed by atoms with Gasteiger partial charge in [-0.1, -0.05) is 6.92 Å². The Bertz CT molecular complexity index is 334. The lowest BCUT2D eigenvalue weighted by Crippen LogP contribution is -2.23.